The van der Waals surface area contributed by atoms with Gasteiger partial charge in [-0.05, 0) is 11.6 Å². The van der Waals surface area contributed by atoms with Gasteiger partial charge < -0.3 is 20.4 Å². The zero-order valence-corrected chi connectivity index (χ0v) is 8.03. The van der Waals surface area contributed by atoms with Crippen molar-refractivity contribution in [2.75, 3.05) is 0 Å². The Balaban J connectivity index is 4.87. The molecule has 0 aliphatic heterocycles. The first-order valence-corrected chi connectivity index (χ1v) is 4.08. The van der Waals surface area contributed by atoms with Crippen LogP contribution in [0, 0.1) is 0 Å². The van der Waals surface area contributed by atoms with E-state index in [1.165, 1.54) is 0 Å². The second-order valence-corrected chi connectivity index (χ2v) is 2.77. The summed E-state index contributed by atoms with van der Waals surface area (Å²) in [4.78, 5) is 30.8. The van der Waals surface area contributed by atoms with E-state index >= 15 is 0 Å². The lowest BCUT2D eigenvalue weighted by atomic mass is 10.1. The predicted octanol–water partition coefficient (Wildman–Crippen LogP) is -0.526. The number of rotatable bonds is 6. The molecule has 0 spiro atoms. The number of aliphatic hydroxyl groups is 1. The molecule has 0 rings (SSSR count). The van der Waals surface area contributed by atoms with Crippen LogP contribution in [0.25, 0.3) is 0 Å². The van der Waals surface area contributed by atoms with Crippen LogP contribution >= 0.6 is 0 Å². The van der Waals surface area contributed by atoms with E-state index in [1.807, 2.05) is 0 Å². The van der Waals surface area contributed by atoms with Crippen LogP contribution in [0.15, 0.2) is 23.8 Å². The lowest BCUT2D eigenvalue weighted by Gasteiger charge is -2.07. The largest absolute Gasteiger partial charge is 0.481 e. The molecule has 0 fully saturated rings. The normalized spacial score (nSPS) is 13.7. The van der Waals surface area contributed by atoms with Crippen LogP contribution in [0.3, 0.4) is 0 Å². The maximum absolute atomic E-state index is 10.3. The molecule has 7 nitrogen and oxygen atoms in total. The minimum Gasteiger partial charge on any atom is -0.481 e. The Hall–Kier alpha value is -2.15. The number of carboxylic acid groups (broad SMARTS) is 3. The molecular formula is C9H10O7. The highest BCUT2D eigenvalue weighted by molar-refractivity contribution is 5.84. The molecule has 0 aliphatic rings. The lowest BCUT2D eigenvalue weighted by molar-refractivity contribution is -0.139. The Morgan fingerprint density at radius 2 is 1.56 bits per heavy atom. The zero-order valence-electron chi connectivity index (χ0n) is 8.03. The smallest absolute Gasteiger partial charge is 0.328 e. The zero-order chi connectivity index (χ0) is 12.7. The summed E-state index contributed by atoms with van der Waals surface area (Å²) in [6.07, 6.45) is -0.274. The van der Waals surface area contributed by atoms with Gasteiger partial charge in [0.2, 0.25) is 0 Å². The van der Waals surface area contributed by atoms with Gasteiger partial charge in [0.05, 0.1) is 12.5 Å². The molecule has 0 aromatic heterocycles. The van der Waals surface area contributed by atoms with Crippen molar-refractivity contribution in [3.63, 3.8) is 0 Å². The van der Waals surface area contributed by atoms with Gasteiger partial charge in [-0.15, -0.1) is 0 Å². The van der Waals surface area contributed by atoms with Crippen molar-refractivity contribution in [2.24, 2.45) is 0 Å². The highest BCUT2D eigenvalue weighted by Gasteiger charge is 2.14. The summed E-state index contributed by atoms with van der Waals surface area (Å²) in [6.45, 7) is 0. The fourth-order valence-corrected chi connectivity index (χ4v) is 0.849. The monoisotopic (exact) mass is 230 g/mol. The van der Waals surface area contributed by atoms with Crippen LogP contribution in [0.2, 0.25) is 0 Å². The van der Waals surface area contributed by atoms with Crippen LogP contribution in [0.5, 0.6) is 0 Å². The van der Waals surface area contributed by atoms with Crippen LogP contribution in [-0.4, -0.2) is 44.4 Å². The maximum Gasteiger partial charge on any atom is 0.328 e. The molecule has 16 heavy (non-hydrogen) atoms. The average Bonchev–Trinajstić information content (AvgIpc) is 2.09. The summed E-state index contributed by atoms with van der Waals surface area (Å²) in [6, 6.07) is 0. The molecule has 0 saturated heterocycles. The van der Waals surface area contributed by atoms with Gasteiger partial charge in [-0.1, -0.05) is 0 Å². The molecule has 0 bridgehead atoms. The molecule has 0 saturated carbocycles. The van der Waals surface area contributed by atoms with Gasteiger partial charge in [0, 0.05) is 12.2 Å². The van der Waals surface area contributed by atoms with E-state index in [4.69, 9.17) is 15.3 Å². The summed E-state index contributed by atoms with van der Waals surface area (Å²) < 4.78 is 0. The standard InChI is InChI=1S/C9H10O7/c10-6(4-9(15)16)5(3-8(13)14)1-2-7(11)12/h1-3,6,10H,4H2,(H,11,12)(H,13,14)(H,15,16). The van der Waals surface area contributed by atoms with Crippen molar-refractivity contribution in [1.82, 2.24) is 0 Å². The molecule has 0 aliphatic carbocycles. The fraction of sp³-hybridized carbons (Fsp3) is 0.222. The molecule has 0 radical (unpaired) electrons. The van der Waals surface area contributed by atoms with Gasteiger partial charge in [0.1, 0.15) is 0 Å². The van der Waals surface area contributed by atoms with E-state index in [0.717, 1.165) is 6.08 Å². The Labute approximate surface area is 89.9 Å². The molecule has 0 amide bonds. The molecule has 7 heteroatoms. The van der Waals surface area contributed by atoms with Crippen LogP contribution in [0.4, 0.5) is 0 Å². The minimum absolute atomic E-state index is 0.294. The molecule has 0 aromatic rings. The molecular weight excluding hydrogens is 220 g/mol. The van der Waals surface area contributed by atoms with E-state index < -0.39 is 30.4 Å². The number of hydrogen-bond acceptors (Lipinski definition) is 4. The second-order valence-electron chi connectivity index (χ2n) is 2.77. The van der Waals surface area contributed by atoms with Gasteiger partial charge >= 0.3 is 17.9 Å². The van der Waals surface area contributed by atoms with Crippen LogP contribution < -0.4 is 0 Å². The first-order chi connectivity index (χ1) is 7.32. The predicted molar refractivity (Wildman–Crippen MR) is 50.8 cm³/mol. The summed E-state index contributed by atoms with van der Waals surface area (Å²) in [5.74, 6) is -4.07. The van der Waals surface area contributed by atoms with Crippen LogP contribution in [-0.2, 0) is 14.4 Å². The van der Waals surface area contributed by atoms with Crippen molar-refractivity contribution in [2.45, 2.75) is 12.5 Å². The van der Waals surface area contributed by atoms with Crippen LogP contribution in [0.1, 0.15) is 6.42 Å². The fourth-order valence-electron chi connectivity index (χ4n) is 0.849. The SMILES string of the molecule is O=C(O)C=CC(=CC(=O)O)C(O)CC(=O)O. The number of aliphatic hydroxyl groups excluding tert-OH is 1. The van der Waals surface area contributed by atoms with Crippen molar-refractivity contribution >= 4 is 17.9 Å². The van der Waals surface area contributed by atoms with E-state index in [2.05, 4.69) is 0 Å². The average molecular weight is 230 g/mol. The number of carboxylic acids is 3. The number of hydrogen-bond donors (Lipinski definition) is 4. The third-order valence-electron chi connectivity index (χ3n) is 1.46. The highest BCUT2D eigenvalue weighted by atomic mass is 16.4. The Morgan fingerprint density at radius 1 is 1.00 bits per heavy atom. The third-order valence-corrected chi connectivity index (χ3v) is 1.46. The van der Waals surface area contributed by atoms with Crippen molar-refractivity contribution in [3.05, 3.63) is 23.8 Å². The van der Waals surface area contributed by atoms with E-state index in [9.17, 15) is 19.5 Å². The highest BCUT2D eigenvalue weighted by Crippen LogP contribution is 2.08. The first-order valence-electron chi connectivity index (χ1n) is 4.08. The van der Waals surface area contributed by atoms with Gasteiger partial charge in [-0.2, -0.15) is 0 Å². The maximum atomic E-state index is 10.3. The second kappa shape index (κ2) is 6.36. The summed E-state index contributed by atoms with van der Waals surface area (Å²) >= 11 is 0. The van der Waals surface area contributed by atoms with Crippen molar-refractivity contribution in [3.8, 4) is 0 Å². The van der Waals surface area contributed by atoms with E-state index in [1.54, 1.807) is 0 Å². The first kappa shape index (κ1) is 13.8. The quantitative estimate of drug-likeness (QED) is 0.356. The number of aliphatic carboxylic acids is 3. The molecule has 4 N–H and O–H groups in total. The van der Waals surface area contributed by atoms with Gasteiger partial charge in [-0.25, -0.2) is 9.59 Å². The Kier molecular flexibility index (Phi) is 5.50. The summed E-state index contributed by atoms with van der Waals surface area (Å²) in [5.41, 5.74) is -0.294. The molecule has 1 unspecified atom stereocenters. The minimum atomic E-state index is -1.57. The Morgan fingerprint density at radius 3 is 1.94 bits per heavy atom. The topological polar surface area (TPSA) is 132 Å². The van der Waals surface area contributed by atoms with Gasteiger partial charge in [-0.3, -0.25) is 4.79 Å². The molecule has 0 aromatic carbocycles. The lowest BCUT2D eigenvalue weighted by Crippen LogP contribution is -2.16. The number of carbonyl (C=O) groups is 3. The van der Waals surface area contributed by atoms with Gasteiger partial charge in [0.15, 0.2) is 0 Å². The van der Waals surface area contributed by atoms with Crippen molar-refractivity contribution < 1.29 is 34.8 Å². The van der Waals surface area contributed by atoms with Crippen molar-refractivity contribution in [1.29, 1.82) is 0 Å². The third kappa shape index (κ3) is 6.33. The van der Waals surface area contributed by atoms with Gasteiger partial charge in [0.25, 0.3) is 0 Å². The molecule has 88 valence electrons. The Bertz CT molecular complexity index is 353. The van der Waals surface area contributed by atoms with E-state index in [0.29, 0.717) is 12.2 Å². The van der Waals surface area contributed by atoms with E-state index in [-0.39, 0.29) is 5.57 Å². The molecule has 0 heterocycles. The molecule has 1 atom stereocenters. The summed E-state index contributed by atoms with van der Waals surface area (Å²) in [7, 11) is 0. The summed E-state index contributed by atoms with van der Waals surface area (Å²) in [5, 5.41) is 34.4.